The lowest BCUT2D eigenvalue weighted by Gasteiger charge is -2.12. The molecule has 0 radical (unpaired) electrons. The number of ether oxygens (including phenoxy) is 2. The molecule has 6 heteroatoms. The van der Waals surface area contributed by atoms with Crippen molar-refractivity contribution in [1.82, 2.24) is 0 Å². The van der Waals surface area contributed by atoms with E-state index in [1.807, 2.05) is 0 Å². The van der Waals surface area contributed by atoms with Gasteiger partial charge < -0.3 is 9.47 Å². The smallest absolute Gasteiger partial charge is 0.339 e. The van der Waals surface area contributed by atoms with Crippen molar-refractivity contribution in [2.24, 2.45) is 0 Å². The van der Waals surface area contributed by atoms with Gasteiger partial charge in [0.05, 0.1) is 24.3 Å². The molecule has 0 heterocycles. The van der Waals surface area contributed by atoms with Crippen LogP contribution in [0.2, 0.25) is 0 Å². The zero-order valence-corrected chi connectivity index (χ0v) is 15.5. The fraction of sp³-hybridized carbons (Fsp3) is 0.211. The van der Waals surface area contributed by atoms with E-state index in [2.05, 4.69) is 15.9 Å². The number of ketones is 1. The highest BCUT2D eigenvalue weighted by molar-refractivity contribution is 9.10. The molecule has 2 rings (SSSR count). The molecule has 0 amide bonds. The van der Waals surface area contributed by atoms with Crippen molar-refractivity contribution in [3.8, 4) is 0 Å². The summed E-state index contributed by atoms with van der Waals surface area (Å²) in [4.78, 5) is 37.2. The average Bonchev–Trinajstić information content (AvgIpc) is 2.61. The molecule has 0 saturated carbocycles. The number of hydrogen-bond acceptors (Lipinski definition) is 5. The van der Waals surface area contributed by atoms with Gasteiger partial charge in [-0.25, -0.2) is 9.59 Å². The van der Waals surface area contributed by atoms with Crippen LogP contribution in [0.4, 0.5) is 0 Å². The molecule has 0 fully saturated rings. The first-order chi connectivity index (χ1) is 12.0. The summed E-state index contributed by atoms with van der Waals surface area (Å²) in [7, 11) is 0. The maximum atomic E-state index is 12.8. The predicted octanol–water partition coefficient (Wildman–Crippen LogP) is 4.03. The topological polar surface area (TPSA) is 69.7 Å². The third-order valence-corrected chi connectivity index (χ3v) is 4.03. The third-order valence-electron chi connectivity index (χ3n) is 3.38. The van der Waals surface area contributed by atoms with Gasteiger partial charge in [0, 0.05) is 15.6 Å². The van der Waals surface area contributed by atoms with Gasteiger partial charge in [-0.2, -0.15) is 0 Å². The van der Waals surface area contributed by atoms with Crippen LogP contribution in [0.15, 0.2) is 46.9 Å². The minimum absolute atomic E-state index is 0.0296. The standard InChI is InChI=1S/C19H17BrO5/c1-3-24-18(22)14-10-15(19(23)25-4-2)16(20)11-13(14)17(21)12-8-6-5-7-9-12/h5-11H,3-4H2,1-2H3. The van der Waals surface area contributed by atoms with E-state index in [0.29, 0.717) is 10.0 Å². The number of carbonyl (C=O) groups excluding carboxylic acids is 3. The van der Waals surface area contributed by atoms with Gasteiger partial charge in [-0.15, -0.1) is 0 Å². The van der Waals surface area contributed by atoms with Gasteiger partial charge in [0.1, 0.15) is 0 Å². The van der Waals surface area contributed by atoms with E-state index < -0.39 is 11.9 Å². The van der Waals surface area contributed by atoms with E-state index >= 15 is 0 Å². The molecular weight excluding hydrogens is 388 g/mol. The highest BCUT2D eigenvalue weighted by Gasteiger charge is 2.24. The van der Waals surface area contributed by atoms with E-state index in [-0.39, 0.29) is 35.7 Å². The zero-order chi connectivity index (χ0) is 18.4. The molecule has 0 aliphatic rings. The van der Waals surface area contributed by atoms with E-state index in [4.69, 9.17) is 9.47 Å². The molecule has 0 unspecified atom stereocenters. The van der Waals surface area contributed by atoms with Gasteiger partial charge in [-0.05, 0) is 41.9 Å². The Morgan fingerprint density at radius 2 is 1.40 bits per heavy atom. The van der Waals surface area contributed by atoms with Crippen LogP contribution in [-0.4, -0.2) is 30.9 Å². The van der Waals surface area contributed by atoms with E-state index in [1.54, 1.807) is 44.2 Å². The zero-order valence-electron chi connectivity index (χ0n) is 13.9. The maximum absolute atomic E-state index is 12.8. The van der Waals surface area contributed by atoms with Crippen molar-refractivity contribution in [2.75, 3.05) is 13.2 Å². The summed E-state index contributed by atoms with van der Waals surface area (Å²) >= 11 is 3.28. The van der Waals surface area contributed by atoms with Crippen molar-refractivity contribution in [2.45, 2.75) is 13.8 Å². The number of rotatable bonds is 6. The third kappa shape index (κ3) is 4.33. The van der Waals surface area contributed by atoms with E-state index in [9.17, 15) is 14.4 Å². The van der Waals surface area contributed by atoms with Crippen molar-refractivity contribution < 1.29 is 23.9 Å². The second kappa shape index (κ2) is 8.58. The summed E-state index contributed by atoms with van der Waals surface area (Å²) in [6, 6.07) is 11.4. The molecule has 2 aromatic rings. The fourth-order valence-electron chi connectivity index (χ4n) is 2.25. The minimum atomic E-state index is -0.667. The molecule has 130 valence electrons. The molecule has 0 spiro atoms. The number of halogens is 1. The molecular formula is C19H17BrO5. The van der Waals surface area contributed by atoms with Crippen LogP contribution >= 0.6 is 15.9 Å². The largest absolute Gasteiger partial charge is 0.462 e. The first kappa shape index (κ1) is 18.9. The predicted molar refractivity (Wildman–Crippen MR) is 95.9 cm³/mol. The average molecular weight is 405 g/mol. The van der Waals surface area contributed by atoms with Crippen LogP contribution in [0, 0.1) is 0 Å². The van der Waals surface area contributed by atoms with Crippen molar-refractivity contribution >= 4 is 33.7 Å². The molecule has 0 saturated heterocycles. The first-order valence-electron chi connectivity index (χ1n) is 7.77. The van der Waals surface area contributed by atoms with Crippen molar-refractivity contribution in [3.05, 3.63) is 69.2 Å². The molecule has 0 aliphatic heterocycles. The highest BCUT2D eigenvalue weighted by Crippen LogP contribution is 2.26. The Kier molecular flexibility index (Phi) is 6.47. The Bertz CT molecular complexity index is 799. The summed E-state index contributed by atoms with van der Waals surface area (Å²) in [5.74, 6) is -1.58. The van der Waals surface area contributed by atoms with Gasteiger partial charge in [0.15, 0.2) is 5.78 Å². The summed E-state index contributed by atoms with van der Waals surface area (Å²) in [5.41, 5.74) is 0.782. The minimum Gasteiger partial charge on any atom is -0.462 e. The van der Waals surface area contributed by atoms with Crippen LogP contribution in [0.1, 0.15) is 50.5 Å². The lowest BCUT2D eigenvalue weighted by molar-refractivity contribution is 0.0522. The highest BCUT2D eigenvalue weighted by atomic mass is 79.9. The molecule has 5 nitrogen and oxygen atoms in total. The van der Waals surface area contributed by atoms with E-state index in [1.165, 1.54) is 12.1 Å². The number of hydrogen-bond donors (Lipinski definition) is 0. The van der Waals surface area contributed by atoms with Gasteiger partial charge in [0.25, 0.3) is 0 Å². The quantitative estimate of drug-likeness (QED) is 0.536. The Morgan fingerprint density at radius 1 is 0.840 bits per heavy atom. The molecule has 25 heavy (non-hydrogen) atoms. The second-order valence-corrected chi connectivity index (χ2v) is 5.87. The Hall–Kier alpha value is -2.47. The fourth-order valence-corrected chi connectivity index (χ4v) is 2.75. The van der Waals surface area contributed by atoms with Crippen LogP contribution in [0.3, 0.4) is 0 Å². The van der Waals surface area contributed by atoms with Gasteiger partial charge in [-0.3, -0.25) is 4.79 Å². The molecule has 0 N–H and O–H groups in total. The normalized spacial score (nSPS) is 10.2. The van der Waals surface area contributed by atoms with Crippen LogP contribution in [0.25, 0.3) is 0 Å². The number of esters is 2. The monoisotopic (exact) mass is 404 g/mol. The Labute approximate surface area is 154 Å². The van der Waals surface area contributed by atoms with Gasteiger partial charge in [-0.1, -0.05) is 30.3 Å². The lowest BCUT2D eigenvalue weighted by atomic mass is 9.96. The summed E-state index contributed by atoms with van der Waals surface area (Å²) in [6.45, 7) is 3.71. The molecule has 0 aliphatic carbocycles. The summed E-state index contributed by atoms with van der Waals surface area (Å²) < 4.78 is 10.4. The molecule has 0 atom stereocenters. The summed E-state index contributed by atoms with van der Waals surface area (Å²) in [6.07, 6.45) is 0. The van der Waals surface area contributed by atoms with Crippen LogP contribution in [0.5, 0.6) is 0 Å². The van der Waals surface area contributed by atoms with Gasteiger partial charge >= 0.3 is 11.9 Å². The Balaban J connectivity index is 2.58. The van der Waals surface area contributed by atoms with Crippen molar-refractivity contribution in [1.29, 1.82) is 0 Å². The van der Waals surface area contributed by atoms with Crippen LogP contribution < -0.4 is 0 Å². The Morgan fingerprint density at radius 3 is 1.96 bits per heavy atom. The molecule has 2 aromatic carbocycles. The maximum Gasteiger partial charge on any atom is 0.339 e. The van der Waals surface area contributed by atoms with Crippen LogP contribution in [-0.2, 0) is 9.47 Å². The molecule has 0 aromatic heterocycles. The first-order valence-corrected chi connectivity index (χ1v) is 8.56. The summed E-state index contributed by atoms with van der Waals surface area (Å²) in [5, 5.41) is 0. The number of carbonyl (C=O) groups is 3. The van der Waals surface area contributed by atoms with Gasteiger partial charge in [0.2, 0.25) is 0 Å². The SMILES string of the molecule is CCOC(=O)c1cc(C(=O)OCC)c(C(=O)c2ccccc2)cc1Br. The lowest BCUT2D eigenvalue weighted by Crippen LogP contribution is -2.16. The second-order valence-electron chi connectivity index (χ2n) is 5.01. The molecule has 0 bridgehead atoms. The van der Waals surface area contributed by atoms with E-state index in [0.717, 1.165) is 0 Å². The number of benzene rings is 2. The van der Waals surface area contributed by atoms with Crippen molar-refractivity contribution in [3.63, 3.8) is 0 Å².